The van der Waals surface area contributed by atoms with Gasteiger partial charge in [-0.2, -0.15) is 4.52 Å². The van der Waals surface area contributed by atoms with E-state index in [4.69, 9.17) is 0 Å². The van der Waals surface area contributed by atoms with Crippen LogP contribution in [0.15, 0.2) is 115 Å². The SMILES string of the molecule is Cc1cccc2c(N[P+](c3ccccc3)(c3ccccc3)c3ccccc3)cc3nnnn3c12. The summed E-state index contributed by atoms with van der Waals surface area (Å²) in [5, 5.41) is 21.5. The molecule has 0 bridgehead atoms. The van der Waals surface area contributed by atoms with Gasteiger partial charge in [-0.3, -0.25) is 0 Å². The number of hydrogen-bond acceptors (Lipinski definition) is 4. The highest BCUT2D eigenvalue weighted by Crippen LogP contribution is 2.55. The lowest BCUT2D eigenvalue weighted by atomic mass is 10.1. The highest BCUT2D eigenvalue weighted by Gasteiger charge is 2.46. The number of fused-ring (bicyclic) bond motifs is 3. The summed E-state index contributed by atoms with van der Waals surface area (Å²) in [5.41, 5.74) is 3.88. The number of rotatable bonds is 5. The molecular weight excluding hydrogens is 437 g/mol. The molecular formula is C28H23N5P+. The Bertz CT molecular complexity index is 1480. The van der Waals surface area contributed by atoms with Gasteiger partial charge in [-0.15, -0.1) is 5.10 Å². The molecule has 0 saturated carbocycles. The van der Waals surface area contributed by atoms with Gasteiger partial charge in [-0.25, -0.2) is 5.09 Å². The predicted octanol–water partition coefficient (Wildman–Crippen LogP) is 4.91. The molecule has 164 valence electrons. The van der Waals surface area contributed by atoms with E-state index in [2.05, 4.69) is 143 Å². The summed E-state index contributed by atoms with van der Waals surface area (Å²) < 4.78 is 1.82. The summed E-state index contributed by atoms with van der Waals surface area (Å²) in [5.74, 6) is 0. The molecule has 0 aliphatic carbocycles. The number of hydrogen-bond donors (Lipinski definition) is 1. The second-order valence-electron chi connectivity index (χ2n) is 8.27. The zero-order chi connectivity index (χ0) is 23.0. The molecule has 34 heavy (non-hydrogen) atoms. The molecule has 6 heteroatoms. The van der Waals surface area contributed by atoms with Crippen LogP contribution in [0.2, 0.25) is 0 Å². The van der Waals surface area contributed by atoms with Crippen LogP contribution in [0.4, 0.5) is 5.69 Å². The molecule has 0 saturated heterocycles. The molecule has 2 aromatic heterocycles. The Balaban J connectivity index is 1.70. The van der Waals surface area contributed by atoms with Crippen molar-refractivity contribution in [3.63, 3.8) is 0 Å². The van der Waals surface area contributed by atoms with Crippen molar-refractivity contribution in [3.8, 4) is 0 Å². The Morgan fingerprint density at radius 3 is 1.79 bits per heavy atom. The van der Waals surface area contributed by atoms with E-state index in [0.717, 1.165) is 27.8 Å². The van der Waals surface area contributed by atoms with E-state index in [1.54, 1.807) is 0 Å². The molecule has 0 fully saturated rings. The van der Waals surface area contributed by atoms with Crippen molar-refractivity contribution >= 4 is 45.6 Å². The van der Waals surface area contributed by atoms with E-state index in [1.807, 2.05) is 4.52 Å². The first-order chi connectivity index (χ1) is 16.8. The lowest BCUT2D eigenvalue weighted by molar-refractivity contribution is 0.840. The predicted molar refractivity (Wildman–Crippen MR) is 142 cm³/mol. The molecule has 4 aromatic carbocycles. The van der Waals surface area contributed by atoms with Gasteiger partial charge in [-0.05, 0) is 59.3 Å². The molecule has 0 spiro atoms. The van der Waals surface area contributed by atoms with Crippen molar-refractivity contribution in [3.05, 3.63) is 121 Å². The maximum Gasteiger partial charge on any atom is 0.199 e. The first kappa shape index (κ1) is 20.5. The minimum Gasteiger partial charge on any atom is -0.246 e. The van der Waals surface area contributed by atoms with Crippen LogP contribution in [0.3, 0.4) is 0 Å². The second kappa shape index (κ2) is 8.36. The summed E-state index contributed by atoms with van der Waals surface area (Å²) in [6.45, 7) is 2.10. The summed E-state index contributed by atoms with van der Waals surface area (Å²) in [7, 11) is -2.28. The lowest BCUT2D eigenvalue weighted by Crippen LogP contribution is -2.36. The van der Waals surface area contributed by atoms with E-state index in [-0.39, 0.29) is 0 Å². The van der Waals surface area contributed by atoms with Crippen molar-refractivity contribution in [1.82, 2.24) is 20.0 Å². The third-order valence-corrected chi connectivity index (χ3v) is 10.0. The molecule has 1 N–H and O–H groups in total. The van der Waals surface area contributed by atoms with Crippen LogP contribution in [0, 0.1) is 6.92 Å². The first-order valence-electron chi connectivity index (χ1n) is 11.2. The quantitative estimate of drug-likeness (QED) is 0.372. The minimum atomic E-state index is -2.28. The smallest absolute Gasteiger partial charge is 0.199 e. The molecule has 0 radical (unpaired) electrons. The number of anilines is 1. The van der Waals surface area contributed by atoms with Gasteiger partial charge in [0.1, 0.15) is 15.9 Å². The van der Waals surface area contributed by atoms with E-state index < -0.39 is 7.41 Å². The summed E-state index contributed by atoms with van der Waals surface area (Å²) in [6.07, 6.45) is 0. The van der Waals surface area contributed by atoms with Crippen molar-refractivity contribution in [2.45, 2.75) is 6.92 Å². The Labute approximate surface area is 198 Å². The van der Waals surface area contributed by atoms with Gasteiger partial charge < -0.3 is 0 Å². The normalized spacial score (nSPS) is 11.7. The number of aromatic nitrogens is 4. The first-order valence-corrected chi connectivity index (χ1v) is 13.0. The van der Waals surface area contributed by atoms with E-state index in [1.165, 1.54) is 15.9 Å². The third kappa shape index (κ3) is 3.25. The number of nitrogens with one attached hydrogen (secondary N) is 1. The highest BCUT2D eigenvalue weighted by molar-refractivity contribution is 7.96. The fourth-order valence-corrected chi connectivity index (χ4v) is 8.36. The van der Waals surface area contributed by atoms with Crippen molar-refractivity contribution in [2.75, 3.05) is 5.09 Å². The summed E-state index contributed by atoms with van der Waals surface area (Å²) in [4.78, 5) is 0. The zero-order valence-corrected chi connectivity index (χ0v) is 19.6. The van der Waals surface area contributed by atoms with Crippen molar-refractivity contribution in [1.29, 1.82) is 0 Å². The molecule has 0 aliphatic rings. The number of tetrazole rings is 1. The number of aryl methyl sites for hydroxylation is 1. The standard InChI is InChI=1S/C28H23N5P/c1-21-12-11-19-25-26(20-27-29-31-32-33(27)28(21)25)30-34(22-13-5-2-6-14-22,23-15-7-3-8-16-23)24-17-9-4-10-18-24/h2-20,30H,1H3/q+1. The van der Waals surface area contributed by atoms with Crippen molar-refractivity contribution < 1.29 is 0 Å². The summed E-state index contributed by atoms with van der Waals surface area (Å²) in [6, 6.07) is 40.7. The molecule has 0 amide bonds. The van der Waals surface area contributed by atoms with Gasteiger partial charge in [0, 0.05) is 11.5 Å². The van der Waals surface area contributed by atoms with Crippen LogP contribution >= 0.6 is 7.41 Å². The third-order valence-electron chi connectivity index (χ3n) is 6.23. The molecule has 0 unspecified atom stereocenters. The van der Waals surface area contributed by atoms with E-state index in [9.17, 15) is 0 Å². The fourth-order valence-electron chi connectivity index (χ4n) is 4.68. The number of benzene rings is 4. The van der Waals surface area contributed by atoms with Gasteiger partial charge in [0.05, 0.1) is 11.2 Å². The average Bonchev–Trinajstić information content (AvgIpc) is 3.37. The fraction of sp³-hybridized carbons (Fsp3) is 0.0357. The van der Waals surface area contributed by atoms with Crippen LogP contribution < -0.4 is 21.0 Å². The monoisotopic (exact) mass is 460 g/mol. The number of pyridine rings is 1. The topological polar surface area (TPSA) is 55.1 Å². The van der Waals surface area contributed by atoms with Gasteiger partial charge in [0.2, 0.25) is 0 Å². The van der Waals surface area contributed by atoms with Crippen LogP contribution in [0.25, 0.3) is 16.6 Å². The maximum absolute atomic E-state index is 4.29. The molecule has 5 nitrogen and oxygen atoms in total. The molecule has 0 aliphatic heterocycles. The molecule has 6 aromatic rings. The highest BCUT2D eigenvalue weighted by atomic mass is 31.2. The molecule has 2 heterocycles. The van der Waals surface area contributed by atoms with E-state index in [0.29, 0.717) is 0 Å². The van der Waals surface area contributed by atoms with E-state index >= 15 is 0 Å². The lowest BCUT2D eigenvalue weighted by Gasteiger charge is -2.29. The minimum absolute atomic E-state index is 0.719. The van der Waals surface area contributed by atoms with Gasteiger partial charge >= 0.3 is 0 Å². The van der Waals surface area contributed by atoms with Crippen LogP contribution in [0.5, 0.6) is 0 Å². The second-order valence-corrected chi connectivity index (χ2v) is 11.4. The summed E-state index contributed by atoms with van der Waals surface area (Å²) >= 11 is 0. The van der Waals surface area contributed by atoms with Gasteiger partial charge in [-0.1, -0.05) is 72.8 Å². The Hall–Kier alpha value is -4.08. The average molecular weight is 461 g/mol. The van der Waals surface area contributed by atoms with Crippen LogP contribution in [0.1, 0.15) is 5.56 Å². The Morgan fingerprint density at radius 1 is 0.676 bits per heavy atom. The van der Waals surface area contributed by atoms with Crippen molar-refractivity contribution in [2.24, 2.45) is 0 Å². The van der Waals surface area contributed by atoms with Gasteiger partial charge in [0.25, 0.3) is 0 Å². The largest absolute Gasteiger partial charge is 0.246 e. The zero-order valence-electron chi connectivity index (χ0n) is 18.7. The molecule has 6 rings (SSSR count). The molecule has 0 atom stereocenters. The van der Waals surface area contributed by atoms with Gasteiger partial charge in [0.15, 0.2) is 13.1 Å². The number of nitrogens with zero attached hydrogens (tertiary/aromatic N) is 4. The Morgan fingerprint density at radius 2 is 1.24 bits per heavy atom. The number of para-hydroxylation sites is 1. The maximum atomic E-state index is 4.29. The van der Waals surface area contributed by atoms with Crippen LogP contribution in [-0.4, -0.2) is 20.0 Å². The van der Waals surface area contributed by atoms with Crippen LogP contribution in [-0.2, 0) is 0 Å². The Kier molecular flexibility index (Phi) is 5.05.